The van der Waals surface area contributed by atoms with Crippen LogP contribution in [-0.2, 0) is 24.2 Å². The van der Waals surface area contributed by atoms with Crippen molar-refractivity contribution in [2.45, 2.75) is 90.8 Å². The zero-order valence-corrected chi connectivity index (χ0v) is 22.0. The minimum absolute atomic E-state index is 0.0114. The van der Waals surface area contributed by atoms with E-state index in [4.69, 9.17) is 9.78 Å². The van der Waals surface area contributed by atoms with Gasteiger partial charge in [-0.3, -0.25) is 14.5 Å². The number of ketones is 2. The average molecular weight is 507 g/mol. The minimum atomic E-state index is -1.66. The maximum atomic E-state index is 13.0. The van der Waals surface area contributed by atoms with Crippen LogP contribution >= 0.6 is 0 Å². The predicted molar refractivity (Wildman–Crippen MR) is 130 cm³/mol. The number of hydrogen-bond donors (Lipinski definition) is 3. The third-order valence-corrected chi connectivity index (χ3v) is 10.6. The van der Waals surface area contributed by atoms with Gasteiger partial charge in [-0.05, 0) is 73.7 Å². The molecule has 0 radical (unpaired) electrons. The van der Waals surface area contributed by atoms with Crippen LogP contribution in [0.5, 0.6) is 0 Å². The van der Waals surface area contributed by atoms with Gasteiger partial charge in [-0.15, -0.1) is 0 Å². The Morgan fingerprint density at radius 2 is 1.97 bits per heavy atom. The number of unbranched alkanes of at least 4 members (excludes halogenated alkanes) is 1. The van der Waals surface area contributed by atoms with E-state index in [0.29, 0.717) is 19.4 Å². The maximum absolute atomic E-state index is 13.0. The molecule has 0 aromatic rings. The van der Waals surface area contributed by atoms with Crippen molar-refractivity contribution in [2.24, 2.45) is 40.4 Å². The van der Waals surface area contributed by atoms with E-state index >= 15 is 0 Å². The van der Waals surface area contributed by atoms with Crippen LogP contribution in [0.2, 0.25) is 0 Å². The number of aliphatic hydroxyl groups excluding tert-OH is 2. The van der Waals surface area contributed by atoms with Gasteiger partial charge in [0.1, 0.15) is 12.2 Å². The van der Waals surface area contributed by atoms with Gasteiger partial charge in [0.05, 0.1) is 18.6 Å². The summed E-state index contributed by atoms with van der Waals surface area (Å²) in [5, 5.41) is 32.7. The fraction of sp³-hybridized carbons (Fsp3) is 0.821. The Morgan fingerprint density at radius 3 is 2.64 bits per heavy atom. The molecule has 3 N–H and O–H groups in total. The minimum Gasteiger partial charge on any atom is -0.393 e. The molecule has 8 heteroatoms. The quantitative estimate of drug-likeness (QED) is 0.260. The number of allylic oxidation sites excluding steroid dienone is 1. The van der Waals surface area contributed by atoms with Gasteiger partial charge in [0, 0.05) is 11.8 Å². The Balaban J connectivity index is 1.66. The van der Waals surface area contributed by atoms with Gasteiger partial charge in [-0.2, -0.15) is 4.89 Å². The van der Waals surface area contributed by atoms with E-state index in [0.717, 1.165) is 24.8 Å². The monoisotopic (exact) mass is 506 g/mol. The fourth-order valence-corrected chi connectivity index (χ4v) is 8.63. The number of carbonyl (C=O) groups excluding carboxylic acids is 3. The first-order valence-electron chi connectivity index (χ1n) is 13.6. The van der Waals surface area contributed by atoms with E-state index < -0.39 is 46.8 Å². The summed E-state index contributed by atoms with van der Waals surface area (Å²) in [4.78, 5) is 48.6. The molecule has 8 nitrogen and oxygen atoms in total. The summed E-state index contributed by atoms with van der Waals surface area (Å²) >= 11 is 0. The molecule has 3 fully saturated rings. The molecule has 0 amide bonds. The number of aliphatic hydroxyl groups is 3. The van der Waals surface area contributed by atoms with Gasteiger partial charge in [-0.1, -0.05) is 39.7 Å². The number of rotatable bonds is 8. The highest BCUT2D eigenvalue weighted by Gasteiger charge is 2.69. The molecular formula is C28H42O8. The molecule has 0 bridgehead atoms. The smallest absolute Gasteiger partial charge is 0.345 e. The molecular weight excluding hydrogens is 464 g/mol. The van der Waals surface area contributed by atoms with Crippen LogP contribution in [0.4, 0.5) is 0 Å². The second kappa shape index (κ2) is 9.93. The van der Waals surface area contributed by atoms with Gasteiger partial charge in [0.25, 0.3) is 0 Å². The number of Topliss-reactive ketones (excluding diaryl/α,β-unsaturated/α-hetero) is 1. The molecule has 0 aromatic heterocycles. The highest BCUT2D eigenvalue weighted by molar-refractivity contribution is 5.93. The van der Waals surface area contributed by atoms with Crippen LogP contribution in [0.3, 0.4) is 0 Å². The van der Waals surface area contributed by atoms with Gasteiger partial charge >= 0.3 is 5.97 Å². The maximum Gasteiger partial charge on any atom is 0.345 e. The van der Waals surface area contributed by atoms with E-state index in [9.17, 15) is 29.7 Å². The van der Waals surface area contributed by atoms with Crippen LogP contribution < -0.4 is 0 Å². The van der Waals surface area contributed by atoms with Crippen molar-refractivity contribution in [3.8, 4) is 0 Å². The van der Waals surface area contributed by atoms with Crippen LogP contribution in [0.15, 0.2) is 11.6 Å². The van der Waals surface area contributed by atoms with Crippen molar-refractivity contribution in [2.75, 3.05) is 13.2 Å². The molecule has 4 aliphatic carbocycles. The fourth-order valence-electron chi connectivity index (χ4n) is 8.63. The zero-order valence-electron chi connectivity index (χ0n) is 22.0. The molecule has 0 aliphatic heterocycles. The Morgan fingerprint density at radius 1 is 1.25 bits per heavy atom. The Hall–Kier alpha value is -1.61. The molecule has 4 rings (SSSR count). The summed E-state index contributed by atoms with van der Waals surface area (Å²) in [6.07, 6.45) is 5.29. The van der Waals surface area contributed by atoms with Crippen molar-refractivity contribution in [3.05, 3.63) is 11.6 Å². The molecule has 2 unspecified atom stereocenters. The van der Waals surface area contributed by atoms with E-state index in [2.05, 4.69) is 6.92 Å². The van der Waals surface area contributed by atoms with Crippen molar-refractivity contribution in [1.29, 1.82) is 0 Å². The lowest BCUT2D eigenvalue weighted by atomic mass is 9.42. The van der Waals surface area contributed by atoms with E-state index in [-0.39, 0.29) is 48.7 Å². The zero-order chi connectivity index (χ0) is 26.5. The van der Waals surface area contributed by atoms with Crippen LogP contribution in [-0.4, -0.2) is 57.8 Å². The van der Waals surface area contributed by atoms with Gasteiger partial charge in [0.2, 0.25) is 0 Å². The molecule has 4 aliphatic rings. The molecule has 0 saturated heterocycles. The lowest BCUT2D eigenvalue weighted by Gasteiger charge is -2.62. The second-order valence-corrected chi connectivity index (χ2v) is 12.1. The van der Waals surface area contributed by atoms with Crippen molar-refractivity contribution in [1.82, 2.24) is 0 Å². The van der Waals surface area contributed by atoms with Crippen LogP contribution in [0.25, 0.3) is 0 Å². The first-order chi connectivity index (χ1) is 17.0. The Bertz CT molecular complexity index is 929. The molecule has 0 heterocycles. The normalized spacial score (nSPS) is 42.6. The molecule has 9 atom stereocenters. The topological polar surface area (TPSA) is 130 Å². The lowest BCUT2D eigenvalue weighted by molar-refractivity contribution is -0.278. The van der Waals surface area contributed by atoms with E-state index in [1.165, 1.54) is 0 Å². The summed E-state index contributed by atoms with van der Waals surface area (Å²) in [7, 11) is 0. The highest BCUT2D eigenvalue weighted by atomic mass is 17.2. The van der Waals surface area contributed by atoms with Gasteiger partial charge in [-0.25, -0.2) is 4.79 Å². The van der Waals surface area contributed by atoms with Crippen molar-refractivity contribution >= 4 is 17.5 Å². The molecule has 0 aromatic carbocycles. The third kappa shape index (κ3) is 3.99. The first kappa shape index (κ1) is 27.4. The lowest BCUT2D eigenvalue weighted by Crippen LogP contribution is -2.63. The van der Waals surface area contributed by atoms with Crippen LogP contribution in [0.1, 0.15) is 79.1 Å². The van der Waals surface area contributed by atoms with Gasteiger partial charge in [0.15, 0.2) is 11.6 Å². The summed E-state index contributed by atoms with van der Waals surface area (Å²) < 4.78 is 0. The Labute approximate surface area is 213 Å². The number of hydrogen-bond acceptors (Lipinski definition) is 8. The van der Waals surface area contributed by atoms with Crippen molar-refractivity contribution < 1.29 is 39.5 Å². The second-order valence-electron chi connectivity index (χ2n) is 12.1. The van der Waals surface area contributed by atoms with E-state index in [1.54, 1.807) is 13.0 Å². The number of fused-ring (bicyclic) bond motifs is 5. The predicted octanol–water partition coefficient (Wildman–Crippen LogP) is 2.92. The summed E-state index contributed by atoms with van der Waals surface area (Å²) in [6, 6.07) is 0. The first-order valence-corrected chi connectivity index (χ1v) is 13.6. The molecule has 3 saturated carbocycles. The van der Waals surface area contributed by atoms with Crippen LogP contribution in [0, 0.1) is 40.4 Å². The largest absolute Gasteiger partial charge is 0.393 e. The SMILES string of the molecule is CCCCOOC(=O)C(C)C1CC(=O)C=C2CC[C@@H]3[C@H]([C@@H](O)C[C@@]4(C)[C@H]3CC[C@]4(O)C(=O)CO)[C@]21C. The number of carbonyl (C=O) groups is 3. The summed E-state index contributed by atoms with van der Waals surface area (Å²) in [6.45, 7) is 7.33. The van der Waals surface area contributed by atoms with E-state index in [1.807, 2.05) is 13.8 Å². The summed E-state index contributed by atoms with van der Waals surface area (Å²) in [5.41, 5.74) is -2.15. The molecule has 36 heavy (non-hydrogen) atoms. The van der Waals surface area contributed by atoms with Gasteiger partial charge < -0.3 is 15.3 Å². The summed E-state index contributed by atoms with van der Waals surface area (Å²) in [5.74, 6) is -2.30. The third-order valence-electron chi connectivity index (χ3n) is 10.6. The average Bonchev–Trinajstić information content (AvgIpc) is 3.11. The highest BCUT2D eigenvalue weighted by Crippen LogP contribution is 2.69. The molecule has 202 valence electrons. The van der Waals surface area contributed by atoms with Crippen molar-refractivity contribution in [3.63, 3.8) is 0 Å². The molecule has 0 spiro atoms. The Kier molecular flexibility index (Phi) is 7.57. The standard InChI is InChI=1S/C28H42O8/c1-5-6-11-35-36-25(33)16(2)21-13-18(30)12-17-7-8-19-20-9-10-28(34,23(32)15-29)26(20,3)14-22(31)24(19)27(17,21)4/h12,16,19-22,24,29,31,34H,5-11,13-15H2,1-4H3/t16?,19-,20-,21?,22-,24+,26-,27+,28-/m0/s1.